The van der Waals surface area contributed by atoms with Crippen molar-refractivity contribution in [2.75, 3.05) is 6.61 Å². The highest BCUT2D eigenvalue weighted by Gasteiger charge is 2.18. The predicted octanol–water partition coefficient (Wildman–Crippen LogP) is 5.76. The van der Waals surface area contributed by atoms with E-state index in [0.717, 1.165) is 33.1 Å². The number of aryl methyl sites for hydroxylation is 1. The minimum absolute atomic E-state index is 0.233. The molecule has 0 aliphatic carbocycles. The first-order chi connectivity index (χ1) is 17.6. The molecule has 0 spiro atoms. The minimum Gasteiger partial charge on any atom is -0.490 e. The van der Waals surface area contributed by atoms with Crippen molar-refractivity contribution in [3.63, 3.8) is 0 Å². The Bertz CT molecular complexity index is 1670. The van der Waals surface area contributed by atoms with Crippen LogP contribution in [0.5, 0.6) is 5.75 Å². The maximum atomic E-state index is 15.3. The van der Waals surface area contributed by atoms with Crippen LogP contribution in [0, 0.1) is 12.7 Å². The summed E-state index contributed by atoms with van der Waals surface area (Å²) in [5.41, 5.74) is 12.4. The lowest BCUT2D eigenvalue weighted by Crippen LogP contribution is -2.30. The number of rotatable bonds is 7. The molecule has 0 amide bonds. The smallest absolute Gasteiger partial charge is 0.138 e. The fourth-order valence-electron chi connectivity index (χ4n) is 4.57. The topological polar surface area (TPSA) is 106 Å². The average molecular weight is 482 g/mol. The van der Waals surface area contributed by atoms with E-state index in [9.17, 15) is 0 Å². The quantitative estimate of drug-likeness (QED) is 0.269. The molecule has 4 heterocycles. The average Bonchev–Trinajstić information content (AvgIpc) is 3.64. The second-order valence-electron chi connectivity index (χ2n) is 8.91. The van der Waals surface area contributed by atoms with Crippen LogP contribution < -0.4 is 10.5 Å². The van der Waals surface area contributed by atoms with Gasteiger partial charge in [-0.2, -0.15) is 5.10 Å². The minimum atomic E-state index is -0.395. The van der Waals surface area contributed by atoms with Gasteiger partial charge in [0.15, 0.2) is 0 Å². The van der Waals surface area contributed by atoms with Gasteiger partial charge in [-0.15, -0.1) is 0 Å². The molecule has 0 fully saturated rings. The number of hydrogen-bond donors (Lipinski definition) is 3. The van der Waals surface area contributed by atoms with Crippen LogP contribution in [0.4, 0.5) is 4.39 Å². The third-order valence-electron chi connectivity index (χ3n) is 6.40. The van der Waals surface area contributed by atoms with Gasteiger partial charge in [-0.25, -0.2) is 4.39 Å². The molecular weight excluding hydrogens is 457 g/mol. The summed E-state index contributed by atoms with van der Waals surface area (Å²) in [4.78, 5) is 7.88. The zero-order valence-corrected chi connectivity index (χ0v) is 19.6. The Hall–Kier alpha value is -4.43. The second-order valence-corrected chi connectivity index (χ2v) is 8.91. The van der Waals surface area contributed by atoms with Gasteiger partial charge in [-0.05, 0) is 43.2 Å². The van der Waals surface area contributed by atoms with Gasteiger partial charge in [0.2, 0.25) is 0 Å². The first kappa shape index (κ1) is 22.1. The van der Waals surface area contributed by atoms with Crippen LogP contribution in [0.3, 0.4) is 0 Å². The van der Waals surface area contributed by atoms with Crippen LogP contribution >= 0.6 is 0 Å². The Kier molecular flexibility index (Phi) is 5.50. The largest absolute Gasteiger partial charge is 0.490 e. The van der Waals surface area contributed by atoms with E-state index in [1.165, 1.54) is 6.07 Å². The number of aromatic nitrogens is 4. The number of fused-ring (bicyclic) bond motifs is 2. The highest BCUT2D eigenvalue weighted by molar-refractivity contribution is 5.90. The molecule has 0 aliphatic rings. The Labute approximate surface area is 206 Å². The number of nitrogens with one attached hydrogen (secondary N) is 2. The second kappa shape index (κ2) is 8.98. The number of hydrogen-bond acceptors (Lipinski definition) is 5. The number of nitrogens with two attached hydrogens (primary N) is 1. The van der Waals surface area contributed by atoms with E-state index in [1.807, 2.05) is 31.3 Å². The molecule has 0 bridgehead atoms. The van der Waals surface area contributed by atoms with Crippen LogP contribution in [0.15, 0.2) is 77.9 Å². The molecule has 8 heteroatoms. The van der Waals surface area contributed by atoms with Crippen molar-refractivity contribution in [1.29, 1.82) is 0 Å². The third-order valence-corrected chi connectivity index (χ3v) is 6.40. The van der Waals surface area contributed by atoms with Gasteiger partial charge >= 0.3 is 0 Å². The molecule has 0 unspecified atom stereocenters. The van der Waals surface area contributed by atoms with Crippen molar-refractivity contribution in [2.45, 2.75) is 19.4 Å². The van der Waals surface area contributed by atoms with Crippen molar-refractivity contribution in [3.05, 3.63) is 90.5 Å². The van der Waals surface area contributed by atoms with Crippen molar-refractivity contribution in [3.8, 4) is 28.1 Å². The van der Waals surface area contributed by atoms with E-state index in [4.69, 9.17) is 14.9 Å². The fraction of sp³-hybridized carbons (Fsp3) is 0.143. The lowest BCUT2D eigenvalue weighted by Gasteiger charge is -2.15. The number of H-pyrrole nitrogens is 2. The Morgan fingerprint density at radius 3 is 2.86 bits per heavy atom. The van der Waals surface area contributed by atoms with Crippen LogP contribution in [0.25, 0.3) is 44.2 Å². The Morgan fingerprint density at radius 1 is 1.11 bits per heavy atom. The third kappa shape index (κ3) is 4.01. The molecule has 6 rings (SSSR count). The fourth-order valence-corrected chi connectivity index (χ4v) is 4.57. The lowest BCUT2D eigenvalue weighted by atomic mass is 9.98. The van der Waals surface area contributed by atoms with E-state index >= 15 is 4.39 Å². The molecule has 0 saturated heterocycles. The summed E-state index contributed by atoms with van der Waals surface area (Å²) in [6, 6.07) is 14.7. The number of halogens is 1. The van der Waals surface area contributed by atoms with Crippen LogP contribution in [-0.4, -0.2) is 32.8 Å². The zero-order valence-electron chi connectivity index (χ0n) is 19.6. The van der Waals surface area contributed by atoms with E-state index in [0.29, 0.717) is 34.5 Å². The summed E-state index contributed by atoms with van der Waals surface area (Å²) in [6.07, 6.45) is 7.42. The van der Waals surface area contributed by atoms with Crippen LogP contribution in [0.1, 0.15) is 11.3 Å². The highest BCUT2D eigenvalue weighted by Crippen LogP contribution is 2.36. The zero-order chi connectivity index (χ0) is 24.6. The molecule has 4 N–H and O–H groups in total. The number of benzene rings is 2. The maximum Gasteiger partial charge on any atom is 0.138 e. The summed E-state index contributed by atoms with van der Waals surface area (Å²) < 4.78 is 26.5. The van der Waals surface area contributed by atoms with Crippen molar-refractivity contribution in [2.24, 2.45) is 5.73 Å². The monoisotopic (exact) mass is 481 g/mol. The van der Waals surface area contributed by atoms with Gasteiger partial charge in [0.05, 0.1) is 29.9 Å². The molecule has 1 atom stereocenters. The van der Waals surface area contributed by atoms with E-state index < -0.39 is 5.82 Å². The number of pyridine rings is 1. The maximum absolute atomic E-state index is 15.3. The Morgan fingerprint density at radius 2 is 2.00 bits per heavy atom. The first-order valence-corrected chi connectivity index (χ1v) is 11.7. The Balaban J connectivity index is 1.30. The van der Waals surface area contributed by atoms with Gasteiger partial charge in [-0.1, -0.05) is 18.2 Å². The van der Waals surface area contributed by atoms with Crippen molar-refractivity contribution < 1.29 is 13.5 Å². The molecule has 2 aromatic carbocycles. The van der Waals surface area contributed by atoms with Crippen LogP contribution in [0.2, 0.25) is 0 Å². The molecule has 7 nitrogen and oxygen atoms in total. The van der Waals surface area contributed by atoms with Gasteiger partial charge in [0, 0.05) is 57.0 Å². The number of nitrogens with zero attached hydrogens (tertiary/aromatic N) is 2. The number of furan rings is 1. The normalized spacial score (nSPS) is 12.4. The summed E-state index contributed by atoms with van der Waals surface area (Å²) >= 11 is 0. The molecule has 180 valence electrons. The van der Waals surface area contributed by atoms with Gasteiger partial charge < -0.3 is 19.9 Å². The van der Waals surface area contributed by atoms with Gasteiger partial charge in [-0.3, -0.25) is 10.1 Å². The van der Waals surface area contributed by atoms with Crippen LogP contribution in [-0.2, 0) is 6.42 Å². The van der Waals surface area contributed by atoms with Crippen molar-refractivity contribution in [1.82, 2.24) is 20.2 Å². The lowest BCUT2D eigenvalue weighted by molar-refractivity contribution is 0.287. The van der Waals surface area contributed by atoms with E-state index in [-0.39, 0.29) is 12.6 Å². The molecule has 36 heavy (non-hydrogen) atoms. The van der Waals surface area contributed by atoms with Gasteiger partial charge in [0.25, 0.3) is 0 Å². The predicted molar refractivity (Wildman–Crippen MR) is 137 cm³/mol. The van der Waals surface area contributed by atoms with Gasteiger partial charge in [0.1, 0.15) is 18.2 Å². The molecule has 4 aromatic heterocycles. The summed E-state index contributed by atoms with van der Waals surface area (Å²) in [5, 5.41) is 9.07. The molecule has 6 aromatic rings. The van der Waals surface area contributed by atoms with E-state index in [2.05, 4.69) is 26.2 Å². The van der Waals surface area contributed by atoms with Crippen molar-refractivity contribution >= 4 is 21.8 Å². The summed E-state index contributed by atoms with van der Waals surface area (Å²) in [6.45, 7) is 2.19. The number of aromatic amines is 2. The molecule has 0 radical (unpaired) electrons. The summed E-state index contributed by atoms with van der Waals surface area (Å²) in [5.74, 6) is 0.115. The first-order valence-electron chi connectivity index (χ1n) is 11.7. The van der Waals surface area contributed by atoms with E-state index in [1.54, 1.807) is 36.9 Å². The number of ether oxygens (including phenoxy) is 1. The molecule has 0 saturated carbocycles. The molecular formula is C28H24FN5O2. The standard InChI is InChI=1S/C28H24FN5O2/c1-16-22-10-23(25(29)11-27(22)34-33-16)24-9-20(13-32-28(24)17-6-7-35-14-17)36-15-19(30)8-18-12-31-26-5-3-2-4-21(18)26/h2-7,9-14,19,31H,8,15,30H2,1H3,(H,33,34)/t19-/m0/s1. The highest BCUT2D eigenvalue weighted by atomic mass is 19.1. The summed E-state index contributed by atoms with van der Waals surface area (Å²) in [7, 11) is 0. The SMILES string of the molecule is Cc1[nH]nc2cc(F)c(-c3cc(OC[C@@H](N)Cc4c[nH]c5ccccc45)cnc3-c3ccoc3)cc12. The number of para-hydroxylation sites is 1. The molecule has 0 aliphatic heterocycles.